The molecule has 0 fully saturated rings. The molecule has 1 N–H and O–H groups in total. The Bertz CT molecular complexity index is 1170. The molecule has 0 bridgehead atoms. The molecule has 0 aromatic heterocycles. The lowest BCUT2D eigenvalue weighted by Crippen LogP contribution is -2.29. The first kappa shape index (κ1) is 24.2. The lowest BCUT2D eigenvalue weighted by atomic mass is 10.1. The Balaban J connectivity index is 1.29. The van der Waals surface area contributed by atoms with Gasteiger partial charge in [-0.3, -0.25) is 19.3 Å². The van der Waals surface area contributed by atoms with Gasteiger partial charge in [0.05, 0.1) is 37.0 Å². The molecule has 0 atom stereocenters. The Hall–Kier alpha value is -3.97. The number of benzene rings is 3. The van der Waals surface area contributed by atoms with Gasteiger partial charge in [0.25, 0.3) is 17.7 Å². The van der Waals surface area contributed by atoms with E-state index >= 15 is 0 Å². The van der Waals surface area contributed by atoms with E-state index in [4.69, 9.17) is 9.47 Å². The maximum absolute atomic E-state index is 12.8. The van der Waals surface area contributed by atoms with Gasteiger partial charge >= 0.3 is 0 Å². The molecule has 0 saturated heterocycles. The van der Waals surface area contributed by atoms with E-state index in [0.29, 0.717) is 54.2 Å². The molecule has 4 rings (SSSR count). The van der Waals surface area contributed by atoms with Crippen molar-refractivity contribution < 1.29 is 23.9 Å². The molecule has 3 aromatic carbocycles. The van der Waals surface area contributed by atoms with Crippen molar-refractivity contribution in [2.45, 2.75) is 19.4 Å². The van der Waals surface area contributed by atoms with Gasteiger partial charge in [-0.2, -0.15) is 0 Å². The number of carbonyl (C=O) groups is 3. The summed E-state index contributed by atoms with van der Waals surface area (Å²) in [6.45, 7) is 1.71. The monoisotopic (exact) mass is 472 g/mol. The molecule has 180 valence electrons. The number of hydrogen-bond donors (Lipinski definition) is 1. The van der Waals surface area contributed by atoms with Gasteiger partial charge in [0.15, 0.2) is 0 Å². The first-order chi connectivity index (χ1) is 17.1. The summed E-state index contributed by atoms with van der Waals surface area (Å²) >= 11 is 0. The highest BCUT2D eigenvalue weighted by Gasteiger charge is 2.35. The summed E-state index contributed by atoms with van der Waals surface area (Å²) in [5.41, 5.74) is 3.04. The molecule has 0 spiro atoms. The van der Waals surface area contributed by atoms with E-state index in [1.54, 1.807) is 42.5 Å². The van der Waals surface area contributed by atoms with Crippen LogP contribution in [0.5, 0.6) is 5.75 Å². The van der Waals surface area contributed by atoms with Gasteiger partial charge in [0.2, 0.25) is 0 Å². The normalized spacial score (nSPS) is 12.5. The Morgan fingerprint density at radius 1 is 0.857 bits per heavy atom. The molecule has 3 amide bonds. The number of hydrogen-bond acceptors (Lipinski definition) is 5. The van der Waals surface area contributed by atoms with E-state index in [1.165, 1.54) is 17.6 Å². The van der Waals surface area contributed by atoms with Crippen LogP contribution in [0.15, 0.2) is 72.8 Å². The molecule has 7 nitrogen and oxygen atoms in total. The second-order valence-corrected chi connectivity index (χ2v) is 8.23. The molecule has 1 aliphatic rings. The number of ether oxygens (including phenoxy) is 2. The average molecular weight is 473 g/mol. The van der Waals surface area contributed by atoms with Crippen LogP contribution in [0.3, 0.4) is 0 Å². The Morgan fingerprint density at radius 3 is 2.23 bits per heavy atom. The summed E-state index contributed by atoms with van der Waals surface area (Å²) in [5, 5.41) is 2.89. The Labute approximate surface area is 204 Å². The van der Waals surface area contributed by atoms with Gasteiger partial charge in [0, 0.05) is 13.2 Å². The lowest BCUT2D eigenvalue weighted by Gasteiger charge is -2.16. The van der Waals surface area contributed by atoms with Gasteiger partial charge in [-0.1, -0.05) is 48.5 Å². The van der Waals surface area contributed by atoms with Crippen LogP contribution >= 0.6 is 0 Å². The maximum atomic E-state index is 12.8. The number of amides is 3. The highest BCUT2D eigenvalue weighted by atomic mass is 16.5. The number of methoxy groups -OCH3 is 1. The number of rotatable bonds is 11. The molecule has 1 aliphatic heterocycles. The standard InChI is InChI=1S/C28H28N2O5/c1-34-25-13-12-21(19-30-27(32)22-10-5-6-11-23(22)28(30)33)18-24(25)26(31)29-15-7-16-35-17-14-20-8-3-2-4-9-20/h2-6,8-13,18H,7,14-17,19H2,1H3,(H,29,31). The fraction of sp³-hybridized carbons (Fsp3) is 0.250. The number of nitrogens with zero attached hydrogens (tertiary/aromatic N) is 1. The zero-order chi connectivity index (χ0) is 24.6. The van der Waals surface area contributed by atoms with E-state index in [-0.39, 0.29) is 24.3 Å². The van der Waals surface area contributed by atoms with Gasteiger partial charge in [0.1, 0.15) is 5.75 Å². The van der Waals surface area contributed by atoms with E-state index < -0.39 is 0 Å². The van der Waals surface area contributed by atoms with Crippen LogP contribution in [0.4, 0.5) is 0 Å². The zero-order valence-electron chi connectivity index (χ0n) is 19.7. The predicted octanol–water partition coefficient (Wildman–Crippen LogP) is 3.87. The van der Waals surface area contributed by atoms with Gasteiger partial charge in [-0.05, 0) is 48.2 Å². The Morgan fingerprint density at radius 2 is 1.54 bits per heavy atom. The van der Waals surface area contributed by atoms with Crippen molar-refractivity contribution in [2.75, 3.05) is 26.9 Å². The summed E-state index contributed by atoms with van der Waals surface area (Å²) < 4.78 is 11.0. The van der Waals surface area contributed by atoms with E-state index in [9.17, 15) is 14.4 Å². The third kappa shape index (κ3) is 5.75. The maximum Gasteiger partial charge on any atom is 0.261 e. The zero-order valence-corrected chi connectivity index (χ0v) is 19.7. The topological polar surface area (TPSA) is 84.9 Å². The highest BCUT2D eigenvalue weighted by Crippen LogP contribution is 2.26. The summed E-state index contributed by atoms with van der Waals surface area (Å²) in [6.07, 6.45) is 1.53. The molecule has 3 aromatic rings. The van der Waals surface area contributed by atoms with Gasteiger partial charge in [-0.25, -0.2) is 0 Å². The summed E-state index contributed by atoms with van der Waals surface area (Å²) in [4.78, 5) is 39.4. The Kier molecular flexibility index (Phi) is 7.90. The summed E-state index contributed by atoms with van der Waals surface area (Å²) in [6, 6.07) is 22.0. The van der Waals surface area contributed by atoms with Crippen LogP contribution in [0, 0.1) is 0 Å². The van der Waals surface area contributed by atoms with Gasteiger partial charge < -0.3 is 14.8 Å². The molecule has 1 heterocycles. The fourth-order valence-electron chi connectivity index (χ4n) is 4.00. The first-order valence-corrected chi connectivity index (χ1v) is 11.6. The minimum atomic E-state index is -0.334. The van der Waals surface area contributed by atoms with E-state index in [1.807, 2.05) is 18.2 Å². The van der Waals surface area contributed by atoms with Gasteiger partial charge in [-0.15, -0.1) is 0 Å². The third-order valence-electron chi connectivity index (χ3n) is 5.86. The van der Waals surface area contributed by atoms with Crippen molar-refractivity contribution >= 4 is 17.7 Å². The van der Waals surface area contributed by atoms with Crippen molar-refractivity contribution in [1.29, 1.82) is 0 Å². The fourth-order valence-corrected chi connectivity index (χ4v) is 4.00. The van der Waals surface area contributed by atoms with Crippen molar-refractivity contribution in [1.82, 2.24) is 10.2 Å². The van der Waals surface area contributed by atoms with E-state index in [0.717, 1.165) is 6.42 Å². The largest absolute Gasteiger partial charge is 0.496 e. The predicted molar refractivity (Wildman–Crippen MR) is 132 cm³/mol. The van der Waals surface area contributed by atoms with Crippen LogP contribution < -0.4 is 10.1 Å². The number of carbonyl (C=O) groups excluding carboxylic acids is 3. The van der Waals surface area contributed by atoms with Crippen LogP contribution in [-0.2, 0) is 17.7 Å². The molecule has 0 aliphatic carbocycles. The minimum Gasteiger partial charge on any atom is -0.496 e. The van der Waals surface area contributed by atoms with Crippen molar-refractivity contribution in [3.05, 3.63) is 101 Å². The lowest BCUT2D eigenvalue weighted by molar-refractivity contribution is 0.0642. The highest BCUT2D eigenvalue weighted by molar-refractivity contribution is 6.21. The second kappa shape index (κ2) is 11.4. The van der Waals surface area contributed by atoms with Crippen LogP contribution in [-0.4, -0.2) is 49.5 Å². The second-order valence-electron chi connectivity index (χ2n) is 8.23. The average Bonchev–Trinajstić information content (AvgIpc) is 3.13. The molecule has 7 heteroatoms. The SMILES string of the molecule is COc1ccc(CN2C(=O)c3ccccc3C2=O)cc1C(=O)NCCCOCCc1ccccc1. The molecular formula is C28H28N2O5. The number of fused-ring (bicyclic) bond motifs is 1. The summed E-state index contributed by atoms with van der Waals surface area (Å²) in [7, 11) is 1.50. The van der Waals surface area contributed by atoms with Crippen molar-refractivity contribution in [2.24, 2.45) is 0 Å². The smallest absolute Gasteiger partial charge is 0.261 e. The van der Waals surface area contributed by atoms with Crippen LogP contribution in [0.2, 0.25) is 0 Å². The first-order valence-electron chi connectivity index (χ1n) is 11.6. The molecule has 0 saturated carbocycles. The van der Waals surface area contributed by atoms with Crippen LogP contribution in [0.1, 0.15) is 48.6 Å². The van der Waals surface area contributed by atoms with Crippen LogP contribution in [0.25, 0.3) is 0 Å². The van der Waals surface area contributed by atoms with E-state index in [2.05, 4.69) is 17.4 Å². The molecule has 35 heavy (non-hydrogen) atoms. The third-order valence-corrected chi connectivity index (χ3v) is 5.86. The molecule has 0 unspecified atom stereocenters. The molecular weight excluding hydrogens is 444 g/mol. The molecule has 0 radical (unpaired) electrons. The minimum absolute atomic E-state index is 0.0753. The van der Waals surface area contributed by atoms with Crippen molar-refractivity contribution in [3.63, 3.8) is 0 Å². The quantitative estimate of drug-likeness (QED) is 0.338. The van der Waals surface area contributed by atoms with Crippen molar-refractivity contribution in [3.8, 4) is 5.75 Å². The summed E-state index contributed by atoms with van der Waals surface area (Å²) in [5.74, 6) is -0.526. The number of imide groups is 1. The number of nitrogens with one attached hydrogen (secondary N) is 1.